The van der Waals surface area contributed by atoms with Crippen molar-refractivity contribution in [2.75, 3.05) is 6.61 Å². The predicted molar refractivity (Wildman–Crippen MR) is 136 cm³/mol. The Labute approximate surface area is 206 Å². The molecule has 3 aromatic carbocycles. The number of fused-ring (bicyclic) bond motifs is 5. The Balaban J connectivity index is 1.15. The van der Waals surface area contributed by atoms with Gasteiger partial charge in [0.05, 0.1) is 6.04 Å². The summed E-state index contributed by atoms with van der Waals surface area (Å²) in [7, 11) is 0. The van der Waals surface area contributed by atoms with E-state index >= 15 is 0 Å². The number of amides is 1. The van der Waals surface area contributed by atoms with Crippen molar-refractivity contribution in [3.8, 4) is 11.1 Å². The molecule has 35 heavy (non-hydrogen) atoms. The van der Waals surface area contributed by atoms with Gasteiger partial charge in [0.25, 0.3) is 0 Å². The number of rotatable bonds is 5. The molecule has 178 valence electrons. The zero-order chi connectivity index (χ0) is 23.8. The van der Waals surface area contributed by atoms with Gasteiger partial charge in [-0.2, -0.15) is 0 Å². The van der Waals surface area contributed by atoms with Crippen molar-refractivity contribution < 1.29 is 13.9 Å². The number of piperidine rings is 1. The number of hydrogen-bond acceptors (Lipinski definition) is 2. The molecular weight excluding hydrogens is 437 g/mol. The first kappa shape index (κ1) is 22.1. The van der Waals surface area contributed by atoms with E-state index in [0.717, 1.165) is 37.7 Å². The number of nitrogens with zero attached hydrogens (tertiary/aromatic N) is 1. The number of aryl methyl sites for hydroxylation is 1. The predicted octanol–water partition coefficient (Wildman–Crippen LogP) is 7.26. The van der Waals surface area contributed by atoms with Crippen LogP contribution >= 0.6 is 0 Å². The Morgan fingerprint density at radius 1 is 0.886 bits per heavy atom. The zero-order valence-corrected chi connectivity index (χ0v) is 19.8. The normalized spacial score (nSPS) is 20.7. The molecule has 2 heterocycles. The highest BCUT2D eigenvalue weighted by Gasteiger charge is 2.38. The summed E-state index contributed by atoms with van der Waals surface area (Å²) < 4.78 is 20.1. The quantitative estimate of drug-likeness (QED) is 0.370. The van der Waals surface area contributed by atoms with Crippen molar-refractivity contribution in [3.63, 3.8) is 0 Å². The number of carbonyl (C=O) groups is 1. The summed E-state index contributed by atoms with van der Waals surface area (Å²) in [4.78, 5) is 15.3. The molecule has 1 fully saturated rings. The lowest BCUT2D eigenvalue weighted by Crippen LogP contribution is -2.52. The topological polar surface area (TPSA) is 29.5 Å². The zero-order valence-electron chi connectivity index (χ0n) is 19.8. The van der Waals surface area contributed by atoms with Crippen LogP contribution in [0.15, 0.2) is 84.4 Å². The molecule has 0 aromatic heterocycles. The van der Waals surface area contributed by atoms with Gasteiger partial charge in [0.2, 0.25) is 0 Å². The van der Waals surface area contributed by atoms with Gasteiger partial charge in [0, 0.05) is 12.0 Å². The molecule has 4 heteroatoms. The van der Waals surface area contributed by atoms with Crippen LogP contribution in [0.3, 0.4) is 0 Å². The summed E-state index contributed by atoms with van der Waals surface area (Å²) in [6.07, 6.45) is 7.52. The molecule has 2 atom stereocenters. The van der Waals surface area contributed by atoms with E-state index in [4.69, 9.17) is 4.74 Å². The highest BCUT2D eigenvalue weighted by atomic mass is 19.1. The Kier molecular flexibility index (Phi) is 5.89. The molecule has 1 amide bonds. The molecule has 3 aromatic rings. The van der Waals surface area contributed by atoms with E-state index in [-0.39, 0.29) is 29.9 Å². The Morgan fingerprint density at radius 2 is 1.57 bits per heavy atom. The van der Waals surface area contributed by atoms with Crippen LogP contribution in [0.1, 0.15) is 54.7 Å². The molecule has 1 aliphatic carbocycles. The van der Waals surface area contributed by atoms with Gasteiger partial charge >= 0.3 is 6.09 Å². The van der Waals surface area contributed by atoms with Crippen LogP contribution in [-0.2, 0) is 11.2 Å². The van der Waals surface area contributed by atoms with Crippen LogP contribution in [0.5, 0.6) is 0 Å². The summed E-state index contributed by atoms with van der Waals surface area (Å²) in [6.45, 7) is 0.354. The third-order valence-corrected chi connectivity index (χ3v) is 7.93. The van der Waals surface area contributed by atoms with Crippen molar-refractivity contribution in [2.24, 2.45) is 0 Å². The largest absolute Gasteiger partial charge is 0.448 e. The third kappa shape index (κ3) is 4.16. The summed E-state index contributed by atoms with van der Waals surface area (Å²) in [5, 5.41) is 0. The van der Waals surface area contributed by atoms with Crippen LogP contribution in [-0.4, -0.2) is 29.7 Å². The van der Waals surface area contributed by atoms with E-state index in [1.807, 2.05) is 17.0 Å². The van der Waals surface area contributed by atoms with Crippen LogP contribution in [0.25, 0.3) is 11.1 Å². The average Bonchev–Trinajstić information content (AvgIpc) is 3.20. The van der Waals surface area contributed by atoms with Crippen molar-refractivity contribution in [3.05, 3.63) is 107 Å². The van der Waals surface area contributed by atoms with Gasteiger partial charge in [-0.3, -0.25) is 4.90 Å². The average molecular weight is 468 g/mol. The minimum Gasteiger partial charge on any atom is -0.448 e. The van der Waals surface area contributed by atoms with Crippen molar-refractivity contribution in [1.82, 2.24) is 4.90 Å². The molecular formula is C31H30FNO2. The lowest BCUT2D eigenvalue weighted by Gasteiger charge is -2.44. The molecule has 0 N–H and O–H groups in total. The van der Waals surface area contributed by atoms with E-state index in [2.05, 4.69) is 54.6 Å². The van der Waals surface area contributed by atoms with Crippen LogP contribution < -0.4 is 0 Å². The molecule has 3 aliphatic rings. The SMILES string of the molecule is O=C(OCC1c2ccccc2-c2ccccc21)N1C2C=C(CCc3ccccc3F)CC1CCC2. The van der Waals surface area contributed by atoms with Crippen molar-refractivity contribution in [2.45, 2.75) is 56.5 Å². The molecule has 2 unspecified atom stereocenters. The maximum Gasteiger partial charge on any atom is 0.410 e. The third-order valence-electron chi connectivity index (χ3n) is 7.93. The molecule has 2 aliphatic heterocycles. The molecule has 3 nitrogen and oxygen atoms in total. The van der Waals surface area contributed by atoms with Gasteiger partial charge in [-0.15, -0.1) is 0 Å². The van der Waals surface area contributed by atoms with Gasteiger partial charge in [0.15, 0.2) is 0 Å². The lowest BCUT2D eigenvalue weighted by molar-refractivity contribution is 0.0507. The monoisotopic (exact) mass is 467 g/mol. The van der Waals surface area contributed by atoms with Gasteiger partial charge in [-0.1, -0.05) is 78.4 Å². The second-order valence-corrected chi connectivity index (χ2v) is 9.98. The lowest BCUT2D eigenvalue weighted by atomic mass is 9.83. The maximum atomic E-state index is 14.1. The number of benzene rings is 3. The first-order valence-corrected chi connectivity index (χ1v) is 12.8. The standard InChI is InChI=1S/C31H30FNO2/c32-30-15-6-1-8-22(30)17-16-21-18-23-9-7-10-24(19-21)33(23)31(34)35-20-29-27-13-4-2-11-25(27)26-12-3-5-14-28(26)29/h1-6,8,11-15,18,23-24,29H,7,9-10,16-17,19-20H2. The van der Waals surface area contributed by atoms with Crippen LogP contribution in [0.2, 0.25) is 0 Å². The first-order chi connectivity index (χ1) is 17.2. The first-order valence-electron chi connectivity index (χ1n) is 12.8. The second kappa shape index (κ2) is 9.33. The number of carbonyl (C=O) groups excluding carboxylic acids is 1. The summed E-state index contributed by atoms with van der Waals surface area (Å²) in [5.41, 5.74) is 7.04. The van der Waals surface area contributed by atoms with E-state index < -0.39 is 0 Å². The highest BCUT2D eigenvalue weighted by molar-refractivity contribution is 5.79. The number of ether oxygens (including phenoxy) is 1. The van der Waals surface area contributed by atoms with Crippen molar-refractivity contribution >= 4 is 6.09 Å². The fourth-order valence-corrected chi connectivity index (χ4v) is 6.25. The van der Waals surface area contributed by atoms with E-state index in [9.17, 15) is 9.18 Å². The Morgan fingerprint density at radius 3 is 2.29 bits per heavy atom. The molecule has 1 saturated heterocycles. The maximum absolute atomic E-state index is 14.1. The van der Waals surface area contributed by atoms with E-state index in [1.54, 1.807) is 6.07 Å². The van der Waals surface area contributed by atoms with E-state index in [1.165, 1.54) is 33.9 Å². The van der Waals surface area contributed by atoms with Gasteiger partial charge < -0.3 is 4.74 Å². The van der Waals surface area contributed by atoms with Crippen molar-refractivity contribution in [1.29, 1.82) is 0 Å². The number of halogens is 1. The smallest absolute Gasteiger partial charge is 0.410 e. The molecule has 2 bridgehead atoms. The summed E-state index contributed by atoms with van der Waals surface area (Å²) in [6, 6.07) is 24.1. The fraction of sp³-hybridized carbons (Fsp3) is 0.323. The molecule has 0 radical (unpaired) electrons. The Bertz CT molecular complexity index is 1240. The summed E-state index contributed by atoms with van der Waals surface area (Å²) in [5.74, 6) is -0.0628. The van der Waals surface area contributed by atoms with E-state index in [0.29, 0.717) is 13.0 Å². The van der Waals surface area contributed by atoms with Crippen LogP contribution in [0, 0.1) is 5.82 Å². The Hall–Kier alpha value is -3.40. The minimum absolute atomic E-state index is 0.0721. The molecule has 0 saturated carbocycles. The van der Waals surface area contributed by atoms with Gasteiger partial charge in [-0.25, -0.2) is 9.18 Å². The second-order valence-electron chi connectivity index (χ2n) is 9.98. The number of hydrogen-bond donors (Lipinski definition) is 0. The minimum atomic E-state index is -0.203. The fourth-order valence-electron chi connectivity index (χ4n) is 6.25. The molecule has 6 rings (SSSR count). The van der Waals surface area contributed by atoms with Gasteiger partial charge in [0.1, 0.15) is 12.4 Å². The van der Waals surface area contributed by atoms with Gasteiger partial charge in [-0.05, 0) is 72.4 Å². The van der Waals surface area contributed by atoms with Crippen LogP contribution in [0.4, 0.5) is 9.18 Å². The molecule has 0 spiro atoms. The summed E-state index contributed by atoms with van der Waals surface area (Å²) >= 11 is 0. The highest BCUT2D eigenvalue weighted by Crippen LogP contribution is 2.45.